The number of amides is 1. The molecule has 0 fully saturated rings. The minimum atomic E-state index is -1.61. The van der Waals surface area contributed by atoms with E-state index in [1.807, 2.05) is 39.0 Å². The highest BCUT2D eigenvalue weighted by Crippen LogP contribution is 2.36. The van der Waals surface area contributed by atoms with E-state index in [0.29, 0.717) is 49.1 Å². The Morgan fingerprint density at radius 2 is 1.88 bits per heavy atom. The zero-order chi connectivity index (χ0) is 29.7. The highest BCUT2D eigenvalue weighted by molar-refractivity contribution is 7.84. The van der Waals surface area contributed by atoms with Crippen LogP contribution in [0.4, 0.5) is 5.82 Å². The molecule has 1 aromatic carbocycles. The van der Waals surface area contributed by atoms with Crippen molar-refractivity contribution >= 4 is 40.1 Å². The highest BCUT2D eigenvalue weighted by atomic mass is 35.5. The number of fused-ring (bicyclic) bond motifs is 1. The van der Waals surface area contributed by atoms with Crippen LogP contribution in [0.15, 0.2) is 42.5 Å². The Bertz CT molecular complexity index is 1320. The van der Waals surface area contributed by atoms with Crippen molar-refractivity contribution in [3.05, 3.63) is 64.3 Å². The first-order valence-electron chi connectivity index (χ1n) is 14.7. The van der Waals surface area contributed by atoms with Gasteiger partial charge in [-0.05, 0) is 79.5 Å². The van der Waals surface area contributed by atoms with Gasteiger partial charge in [-0.15, -0.1) is 0 Å². The van der Waals surface area contributed by atoms with Gasteiger partial charge in [0.15, 0.2) is 17.4 Å². The number of pyridine rings is 1. The predicted molar refractivity (Wildman–Crippen MR) is 166 cm³/mol. The van der Waals surface area contributed by atoms with Gasteiger partial charge < -0.3 is 9.64 Å². The molecule has 2 aliphatic rings. The Hall–Kier alpha value is -2.71. The number of aromatic nitrogens is 1. The molecule has 41 heavy (non-hydrogen) atoms. The molecule has 2 aromatic rings. The van der Waals surface area contributed by atoms with Crippen LogP contribution in [0.5, 0.6) is 5.75 Å². The average Bonchev–Trinajstić information content (AvgIpc) is 3.11. The van der Waals surface area contributed by atoms with Crippen molar-refractivity contribution < 1.29 is 18.5 Å². The summed E-state index contributed by atoms with van der Waals surface area (Å²) in [6.45, 7) is 11.8. The first-order chi connectivity index (χ1) is 19.6. The Balaban J connectivity index is 1.77. The van der Waals surface area contributed by atoms with Gasteiger partial charge in [0, 0.05) is 29.9 Å². The monoisotopic (exact) mass is 599 g/mol. The number of hydrogen-bond donors (Lipinski definition) is 1. The molecule has 2 aliphatic heterocycles. The molecule has 0 radical (unpaired) electrons. The van der Waals surface area contributed by atoms with Crippen LogP contribution in [0.25, 0.3) is 0 Å². The van der Waals surface area contributed by atoms with E-state index in [9.17, 15) is 13.8 Å². The fourth-order valence-corrected chi connectivity index (χ4v) is 7.03. The van der Waals surface area contributed by atoms with Crippen molar-refractivity contribution in [2.45, 2.75) is 71.5 Å². The minimum absolute atomic E-state index is 0.0110. The first-order valence-corrected chi connectivity index (χ1v) is 16.3. The summed E-state index contributed by atoms with van der Waals surface area (Å²) in [6, 6.07) is 9.44. The Morgan fingerprint density at radius 1 is 1.10 bits per heavy atom. The lowest BCUT2D eigenvalue weighted by Crippen LogP contribution is -2.38. The standard InChI is InChI=1S/C32H42ClN3O4S/c1-6-9-23-16-25(33)12-13-27(23)24-18-36-17-21(4)26(7-2)29(37)11-8-10-20(3)22(5)41(39)35-32(38)28-14-15-30(40-19-24)31(36)34-28/h8,11-16,20-22,24,26H,6-7,9-10,17-19H2,1-5H3,(H,35,38)/b11-8+. The summed E-state index contributed by atoms with van der Waals surface area (Å²) in [7, 11) is -1.61. The van der Waals surface area contributed by atoms with Gasteiger partial charge in [0.25, 0.3) is 5.91 Å². The molecule has 7 nitrogen and oxygen atoms in total. The molecule has 2 bridgehead atoms. The summed E-state index contributed by atoms with van der Waals surface area (Å²) in [5.74, 6) is 0.686. The number of halogens is 1. The smallest absolute Gasteiger partial charge is 0.281 e. The van der Waals surface area contributed by atoms with Gasteiger partial charge in [-0.3, -0.25) is 14.3 Å². The second kappa shape index (κ2) is 14.0. The van der Waals surface area contributed by atoms with Crippen LogP contribution in [0, 0.1) is 17.8 Å². The van der Waals surface area contributed by atoms with E-state index in [0.717, 1.165) is 12.8 Å². The number of ketones is 1. The van der Waals surface area contributed by atoms with Crippen molar-refractivity contribution in [1.29, 1.82) is 0 Å². The molecule has 0 saturated heterocycles. The third-order valence-corrected chi connectivity index (χ3v) is 10.2. The SMILES string of the molecule is CCCc1cc(Cl)ccc1C1COc2ccc3nc2N(C1)CC(C)C(CC)C(=O)/C=C/CC(C)C(C)S(=O)NC3=O. The maximum Gasteiger partial charge on any atom is 0.281 e. The topological polar surface area (TPSA) is 88.6 Å². The third-order valence-electron chi connectivity index (χ3n) is 8.44. The van der Waals surface area contributed by atoms with Crippen molar-refractivity contribution in [1.82, 2.24) is 9.71 Å². The lowest BCUT2D eigenvalue weighted by atomic mass is 9.86. The number of carbonyl (C=O) groups is 2. The lowest BCUT2D eigenvalue weighted by Gasteiger charge is -2.31. The maximum atomic E-state index is 13.3. The van der Waals surface area contributed by atoms with Crippen LogP contribution in [0.3, 0.4) is 0 Å². The van der Waals surface area contributed by atoms with Crippen molar-refractivity contribution in [3.8, 4) is 5.75 Å². The average molecular weight is 600 g/mol. The second-order valence-corrected chi connectivity index (χ2v) is 13.4. The van der Waals surface area contributed by atoms with E-state index < -0.39 is 16.9 Å². The maximum absolute atomic E-state index is 13.3. The van der Waals surface area contributed by atoms with E-state index in [1.54, 1.807) is 18.2 Å². The predicted octanol–water partition coefficient (Wildman–Crippen LogP) is 6.28. The second-order valence-electron chi connectivity index (χ2n) is 11.5. The minimum Gasteiger partial charge on any atom is -0.489 e. The molecule has 4 rings (SSSR count). The fourth-order valence-electron chi connectivity index (χ4n) is 5.82. The van der Waals surface area contributed by atoms with Crippen molar-refractivity contribution in [3.63, 3.8) is 0 Å². The van der Waals surface area contributed by atoms with Gasteiger partial charge in [0.05, 0.1) is 11.9 Å². The summed E-state index contributed by atoms with van der Waals surface area (Å²) >= 11 is 6.37. The quantitative estimate of drug-likeness (QED) is 0.445. The van der Waals surface area contributed by atoms with Gasteiger partial charge in [0.2, 0.25) is 0 Å². The molecule has 6 unspecified atom stereocenters. The molecule has 0 saturated carbocycles. The summed E-state index contributed by atoms with van der Waals surface area (Å²) in [5, 5.41) is 0.412. The zero-order valence-electron chi connectivity index (χ0n) is 24.7. The van der Waals surface area contributed by atoms with Crippen LogP contribution < -0.4 is 14.4 Å². The van der Waals surface area contributed by atoms with Crippen LogP contribution in [0.1, 0.15) is 81.4 Å². The number of carbonyl (C=O) groups excluding carboxylic acids is 2. The van der Waals surface area contributed by atoms with Gasteiger partial charge in [-0.25, -0.2) is 9.19 Å². The summed E-state index contributed by atoms with van der Waals surface area (Å²) < 4.78 is 22.0. The first kappa shape index (κ1) is 31.2. The highest BCUT2D eigenvalue weighted by Gasteiger charge is 2.32. The molecular weight excluding hydrogens is 558 g/mol. The number of nitrogens with zero attached hydrogens (tertiary/aromatic N) is 2. The van der Waals surface area contributed by atoms with Gasteiger partial charge >= 0.3 is 0 Å². The number of ether oxygens (including phenoxy) is 1. The molecule has 0 aliphatic carbocycles. The van der Waals surface area contributed by atoms with Crippen LogP contribution in [0.2, 0.25) is 5.02 Å². The number of anilines is 1. The van der Waals surface area contributed by atoms with E-state index in [1.165, 1.54) is 11.1 Å². The molecule has 222 valence electrons. The van der Waals surface area contributed by atoms with Gasteiger partial charge in [-0.1, -0.05) is 57.9 Å². The number of rotatable bonds is 4. The molecular formula is C32H42ClN3O4S. The molecule has 9 heteroatoms. The summed E-state index contributed by atoms with van der Waals surface area (Å²) in [5.41, 5.74) is 2.57. The molecule has 1 aromatic heterocycles. The normalized spacial score (nSPS) is 28.4. The number of nitrogens with one attached hydrogen (secondary N) is 1. The Labute approximate surface area is 251 Å². The Kier molecular flexibility index (Phi) is 10.6. The van der Waals surface area contributed by atoms with Gasteiger partial charge in [0.1, 0.15) is 16.7 Å². The van der Waals surface area contributed by atoms with Crippen molar-refractivity contribution in [2.75, 3.05) is 24.6 Å². The fraction of sp³-hybridized carbons (Fsp3) is 0.531. The van der Waals surface area contributed by atoms with E-state index in [2.05, 4.69) is 29.5 Å². The van der Waals surface area contributed by atoms with Crippen LogP contribution in [-0.4, -0.2) is 45.8 Å². The zero-order valence-corrected chi connectivity index (χ0v) is 26.3. The van der Waals surface area contributed by atoms with Crippen molar-refractivity contribution in [2.24, 2.45) is 17.8 Å². The summed E-state index contributed by atoms with van der Waals surface area (Å²) in [4.78, 5) is 33.4. The Morgan fingerprint density at radius 3 is 2.61 bits per heavy atom. The molecule has 1 amide bonds. The van der Waals surface area contributed by atoms with E-state index in [-0.39, 0.29) is 40.4 Å². The largest absolute Gasteiger partial charge is 0.489 e. The lowest BCUT2D eigenvalue weighted by molar-refractivity contribution is -0.119. The number of benzene rings is 1. The summed E-state index contributed by atoms with van der Waals surface area (Å²) in [6.07, 6.45) is 6.79. The van der Waals surface area contributed by atoms with E-state index >= 15 is 0 Å². The van der Waals surface area contributed by atoms with Crippen LogP contribution in [-0.2, 0) is 22.2 Å². The van der Waals surface area contributed by atoms with E-state index in [4.69, 9.17) is 21.3 Å². The number of aryl methyl sites for hydroxylation is 1. The third kappa shape index (κ3) is 7.39. The van der Waals surface area contributed by atoms with Crippen LogP contribution >= 0.6 is 11.6 Å². The van der Waals surface area contributed by atoms with Gasteiger partial charge in [-0.2, -0.15) is 0 Å². The molecule has 1 N–H and O–H groups in total. The molecule has 6 atom stereocenters. The number of hydrogen-bond acceptors (Lipinski definition) is 6. The molecule has 3 heterocycles. The number of allylic oxidation sites excluding steroid dienone is 2. The molecule has 0 spiro atoms.